The third-order valence-corrected chi connectivity index (χ3v) is 2.50. The zero-order chi connectivity index (χ0) is 11.1. The fraction of sp³-hybridized carbons (Fsp3) is 0.100. The maximum atomic E-state index is 11.8. The molecular formula is C10H9N5O. The maximum Gasteiger partial charge on any atom is 0.238 e. The number of nitrogens with two attached hydrogens (primary N) is 1. The lowest BCUT2D eigenvalue weighted by atomic mass is 10.3. The molecule has 0 spiro atoms. The van der Waals surface area contributed by atoms with E-state index in [9.17, 15) is 4.79 Å². The molecule has 0 saturated carbocycles. The summed E-state index contributed by atoms with van der Waals surface area (Å²) in [6.07, 6.45) is 3.42. The largest absolute Gasteiger partial charge is 0.385 e. The fourth-order valence-corrected chi connectivity index (χ4v) is 1.82. The predicted octanol–water partition coefficient (Wildman–Crippen LogP) is 0.608. The third kappa shape index (κ3) is 1.16. The Kier molecular flexibility index (Phi) is 1.70. The van der Waals surface area contributed by atoms with E-state index in [1.807, 2.05) is 0 Å². The molecule has 2 aromatic heterocycles. The van der Waals surface area contributed by atoms with E-state index in [2.05, 4.69) is 15.0 Å². The van der Waals surface area contributed by atoms with Gasteiger partial charge in [0.25, 0.3) is 0 Å². The van der Waals surface area contributed by atoms with Gasteiger partial charge in [0.1, 0.15) is 23.8 Å². The molecule has 80 valence electrons. The van der Waals surface area contributed by atoms with Crippen LogP contribution < -0.4 is 10.6 Å². The number of carbonyl (C=O) groups excluding carboxylic acids is 1. The molecule has 0 radical (unpaired) electrons. The first-order valence-electron chi connectivity index (χ1n) is 4.82. The van der Waals surface area contributed by atoms with Gasteiger partial charge in [0.2, 0.25) is 5.91 Å². The van der Waals surface area contributed by atoms with E-state index in [4.69, 9.17) is 5.73 Å². The Morgan fingerprint density at radius 1 is 1.44 bits per heavy atom. The minimum atomic E-state index is -0.0302. The number of nitrogens with one attached hydrogen (secondary N) is 1. The maximum absolute atomic E-state index is 11.8. The standard InChI is InChI=1S/C10H9N5O/c11-7-1-2-8(14-7)15-9(16)3-6-4-12-5-13-10(6)15/h1-2,4-5,14H,3,11H2. The van der Waals surface area contributed by atoms with E-state index >= 15 is 0 Å². The van der Waals surface area contributed by atoms with Crippen LogP contribution in [0.5, 0.6) is 0 Å². The number of hydrogen-bond acceptors (Lipinski definition) is 4. The number of nitrogen functional groups attached to an aromatic ring is 1. The molecular weight excluding hydrogens is 206 g/mol. The number of aromatic nitrogens is 3. The zero-order valence-electron chi connectivity index (χ0n) is 8.34. The van der Waals surface area contributed by atoms with Crippen LogP contribution in [0.15, 0.2) is 24.7 Å². The summed E-state index contributed by atoms with van der Waals surface area (Å²) in [6, 6.07) is 3.46. The van der Waals surface area contributed by atoms with Crippen molar-refractivity contribution < 1.29 is 4.79 Å². The van der Waals surface area contributed by atoms with Crippen LogP contribution in [0.25, 0.3) is 0 Å². The van der Waals surface area contributed by atoms with Crippen molar-refractivity contribution in [3.05, 3.63) is 30.2 Å². The molecule has 0 atom stereocenters. The van der Waals surface area contributed by atoms with Gasteiger partial charge in [-0.15, -0.1) is 0 Å². The highest BCUT2D eigenvalue weighted by Crippen LogP contribution is 2.32. The quantitative estimate of drug-likeness (QED) is 0.729. The van der Waals surface area contributed by atoms with Crippen LogP contribution in [0, 0.1) is 0 Å². The Hall–Kier alpha value is -2.37. The van der Waals surface area contributed by atoms with Crippen LogP contribution in [-0.4, -0.2) is 20.9 Å². The molecule has 0 aliphatic carbocycles. The number of aromatic amines is 1. The lowest BCUT2D eigenvalue weighted by Gasteiger charge is -2.13. The summed E-state index contributed by atoms with van der Waals surface area (Å²) < 4.78 is 0. The number of amides is 1. The summed E-state index contributed by atoms with van der Waals surface area (Å²) in [7, 11) is 0. The molecule has 1 aliphatic rings. The first kappa shape index (κ1) is 8.90. The summed E-state index contributed by atoms with van der Waals surface area (Å²) in [4.78, 5) is 24.3. The van der Waals surface area contributed by atoms with Crippen LogP contribution in [0.1, 0.15) is 5.56 Å². The molecule has 3 heterocycles. The number of fused-ring (bicyclic) bond motifs is 1. The van der Waals surface area contributed by atoms with Gasteiger partial charge in [-0.1, -0.05) is 0 Å². The molecule has 6 heteroatoms. The lowest BCUT2D eigenvalue weighted by Crippen LogP contribution is -2.21. The monoisotopic (exact) mass is 215 g/mol. The van der Waals surface area contributed by atoms with Crippen molar-refractivity contribution in [3.63, 3.8) is 0 Å². The van der Waals surface area contributed by atoms with Crippen LogP contribution >= 0.6 is 0 Å². The first-order chi connectivity index (χ1) is 7.75. The van der Waals surface area contributed by atoms with E-state index in [-0.39, 0.29) is 5.91 Å². The van der Waals surface area contributed by atoms with Gasteiger partial charge in [-0.2, -0.15) is 0 Å². The van der Waals surface area contributed by atoms with Crippen molar-refractivity contribution in [1.29, 1.82) is 0 Å². The molecule has 0 saturated heterocycles. The Balaban J connectivity index is 2.12. The van der Waals surface area contributed by atoms with Crippen molar-refractivity contribution in [2.75, 3.05) is 10.6 Å². The van der Waals surface area contributed by atoms with Gasteiger partial charge in [-0.05, 0) is 12.1 Å². The van der Waals surface area contributed by atoms with Gasteiger partial charge in [-0.3, -0.25) is 4.79 Å². The molecule has 16 heavy (non-hydrogen) atoms. The molecule has 3 rings (SSSR count). The third-order valence-electron chi connectivity index (χ3n) is 2.50. The van der Waals surface area contributed by atoms with Crippen molar-refractivity contribution >= 4 is 23.4 Å². The fourth-order valence-electron chi connectivity index (χ4n) is 1.82. The van der Waals surface area contributed by atoms with Crippen LogP contribution in [0.4, 0.5) is 17.5 Å². The second-order valence-electron chi connectivity index (χ2n) is 3.58. The summed E-state index contributed by atoms with van der Waals surface area (Å²) in [5.41, 5.74) is 6.42. The highest BCUT2D eigenvalue weighted by Gasteiger charge is 2.30. The Morgan fingerprint density at radius 3 is 3.06 bits per heavy atom. The molecule has 2 aromatic rings. The van der Waals surface area contributed by atoms with Crippen molar-refractivity contribution in [2.24, 2.45) is 0 Å². The van der Waals surface area contributed by atoms with Gasteiger partial charge in [0.05, 0.1) is 6.42 Å². The second kappa shape index (κ2) is 3.06. The molecule has 1 aliphatic heterocycles. The van der Waals surface area contributed by atoms with Gasteiger partial charge in [0, 0.05) is 11.8 Å². The average molecular weight is 215 g/mol. The number of hydrogen-bond donors (Lipinski definition) is 2. The van der Waals surface area contributed by atoms with E-state index in [1.165, 1.54) is 11.2 Å². The first-order valence-corrected chi connectivity index (χ1v) is 4.82. The van der Waals surface area contributed by atoms with Crippen LogP contribution in [-0.2, 0) is 11.2 Å². The molecule has 3 N–H and O–H groups in total. The minimum Gasteiger partial charge on any atom is -0.385 e. The molecule has 6 nitrogen and oxygen atoms in total. The average Bonchev–Trinajstić information content (AvgIpc) is 2.80. The van der Waals surface area contributed by atoms with Gasteiger partial charge >= 0.3 is 0 Å². The highest BCUT2D eigenvalue weighted by atomic mass is 16.2. The zero-order valence-corrected chi connectivity index (χ0v) is 8.34. The Bertz CT molecular complexity index is 562. The molecule has 0 aromatic carbocycles. The van der Waals surface area contributed by atoms with Gasteiger partial charge < -0.3 is 10.7 Å². The number of carbonyl (C=O) groups is 1. The van der Waals surface area contributed by atoms with Gasteiger partial charge in [0.15, 0.2) is 0 Å². The lowest BCUT2D eigenvalue weighted by molar-refractivity contribution is -0.116. The molecule has 0 bridgehead atoms. The molecule has 0 unspecified atom stereocenters. The van der Waals surface area contributed by atoms with E-state index in [0.29, 0.717) is 23.9 Å². The van der Waals surface area contributed by atoms with Crippen molar-refractivity contribution in [3.8, 4) is 0 Å². The van der Waals surface area contributed by atoms with E-state index in [0.717, 1.165) is 5.56 Å². The number of H-pyrrole nitrogens is 1. The summed E-state index contributed by atoms with van der Waals surface area (Å²) in [5.74, 6) is 1.75. The summed E-state index contributed by atoms with van der Waals surface area (Å²) in [6.45, 7) is 0. The van der Waals surface area contributed by atoms with E-state index in [1.54, 1.807) is 18.3 Å². The minimum absolute atomic E-state index is 0.0302. The SMILES string of the molecule is Nc1ccc(N2C(=O)Cc3cncnc32)[nH]1. The predicted molar refractivity (Wildman–Crippen MR) is 58.1 cm³/mol. The second-order valence-corrected chi connectivity index (χ2v) is 3.58. The molecule has 1 amide bonds. The number of nitrogens with zero attached hydrogens (tertiary/aromatic N) is 3. The number of rotatable bonds is 1. The normalized spacial score (nSPS) is 14.2. The van der Waals surface area contributed by atoms with Crippen molar-refractivity contribution in [1.82, 2.24) is 15.0 Å². The summed E-state index contributed by atoms with van der Waals surface area (Å²) in [5, 5.41) is 0. The van der Waals surface area contributed by atoms with E-state index < -0.39 is 0 Å². The highest BCUT2D eigenvalue weighted by molar-refractivity contribution is 6.05. The Labute approximate surface area is 91.1 Å². The number of anilines is 3. The van der Waals surface area contributed by atoms with Crippen LogP contribution in [0.2, 0.25) is 0 Å². The van der Waals surface area contributed by atoms with Gasteiger partial charge in [-0.25, -0.2) is 14.9 Å². The summed E-state index contributed by atoms with van der Waals surface area (Å²) >= 11 is 0. The molecule has 0 fully saturated rings. The Morgan fingerprint density at radius 2 is 2.31 bits per heavy atom. The van der Waals surface area contributed by atoms with Crippen LogP contribution in [0.3, 0.4) is 0 Å². The smallest absolute Gasteiger partial charge is 0.238 e. The van der Waals surface area contributed by atoms with Crippen molar-refractivity contribution in [2.45, 2.75) is 6.42 Å². The topological polar surface area (TPSA) is 87.9 Å².